The van der Waals surface area contributed by atoms with E-state index in [-0.39, 0.29) is 0 Å². The molecule has 0 fully saturated rings. The number of hydrogen-bond donors (Lipinski definition) is 0. The summed E-state index contributed by atoms with van der Waals surface area (Å²) in [6, 6.07) is 24.0. The molecule has 0 unspecified atom stereocenters. The van der Waals surface area contributed by atoms with E-state index >= 15 is 0 Å². The summed E-state index contributed by atoms with van der Waals surface area (Å²) in [5.41, 5.74) is 8.25. The monoisotopic (exact) mass is 438 g/mol. The first-order valence-electron chi connectivity index (χ1n) is 11.9. The third-order valence-electron chi connectivity index (χ3n) is 7.70. The van der Waals surface area contributed by atoms with Crippen LogP contribution in [0.1, 0.15) is 36.5 Å². The highest BCUT2D eigenvalue weighted by atomic mass is 15.0. The van der Waals surface area contributed by atoms with Crippen LogP contribution < -0.4 is 4.57 Å². The maximum absolute atomic E-state index is 10.0. The van der Waals surface area contributed by atoms with Crippen molar-refractivity contribution in [2.24, 2.45) is 7.05 Å². The normalized spacial score (nSPS) is 12.4. The van der Waals surface area contributed by atoms with E-state index in [9.17, 15) is 5.26 Å². The lowest BCUT2D eigenvalue weighted by Crippen LogP contribution is -2.29. The molecule has 3 aromatic heterocycles. The number of aryl methyl sites for hydroxylation is 2. The lowest BCUT2D eigenvalue weighted by atomic mass is 9.88. The van der Waals surface area contributed by atoms with Gasteiger partial charge < -0.3 is 4.40 Å². The molecule has 4 aromatic carbocycles. The molecule has 162 valence electrons. The molecule has 0 spiro atoms. The van der Waals surface area contributed by atoms with Crippen molar-refractivity contribution in [3.8, 4) is 6.07 Å². The molecule has 0 saturated carbocycles. The molecule has 7 aromatic rings. The van der Waals surface area contributed by atoms with Crippen molar-refractivity contribution in [3.05, 3.63) is 83.6 Å². The summed E-state index contributed by atoms with van der Waals surface area (Å²) in [6.07, 6.45) is 2.18. The van der Waals surface area contributed by atoms with Crippen LogP contribution in [0.15, 0.2) is 66.9 Å². The average Bonchev–Trinajstić information content (AvgIpc) is 3.19. The summed E-state index contributed by atoms with van der Waals surface area (Å²) in [5.74, 6) is 0.334. The predicted octanol–water partition coefficient (Wildman–Crippen LogP) is 7.27. The standard InChI is InChI=1S/C31H24N3/c1-17(2)25-22-10-6-5-9-21(22)18(3)26-30-28-19(14-15-33(30)4)12-13-23-27-20(16-32)8-7-11-24(27)34(29(23)28)31(25)26/h5-15,17H,1-4H3/q+1. The Morgan fingerprint density at radius 1 is 0.824 bits per heavy atom. The Labute approximate surface area is 197 Å². The first-order valence-corrected chi connectivity index (χ1v) is 11.9. The highest BCUT2D eigenvalue weighted by Gasteiger charge is 2.28. The topological polar surface area (TPSA) is 32.1 Å². The van der Waals surface area contributed by atoms with E-state index in [1.807, 2.05) is 12.1 Å². The van der Waals surface area contributed by atoms with E-state index in [0.29, 0.717) is 5.92 Å². The average molecular weight is 439 g/mol. The van der Waals surface area contributed by atoms with Crippen LogP contribution in [-0.2, 0) is 7.05 Å². The maximum Gasteiger partial charge on any atom is 0.224 e. The fraction of sp³-hybridized carbons (Fsp3) is 0.161. The second kappa shape index (κ2) is 6.46. The number of aromatic nitrogens is 2. The number of hydrogen-bond acceptors (Lipinski definition) is 1. The molecule has 0 aliphatic carbocycles. The van der Waals surface area contributed by atoms with Crippen LogP contribution >= 0.6 is 0 Å². The Bertz CT molecular complexity index is 2020. The molecule has 0 N–H and O–H groups in total. The molecule has 3 nitrogen and oxygen atoms in total. The van der Waals surface area contributed by atoms with Crippen LogP contribution in [0.25, 0.3) is 59.8 Å². The van der Waals surface area contributed by atoms with Gasteiger partial charge in [0.15, 0.2) is 6.20 Å². The van der Waals surface area contributed by atoms with Gasteiger partial charge in [-0.1, -0.05) is 56.3 Å². The molecule has 34 heavy (non-hydrogen) atoms. The molecule has 0 aliphatic heterocycles. The lowest BCUT2D eigenvalue weighted by molar-refractivity contribution is -0.643. The van der Waals surface area contributed by atoms with Crippen LogP contribution in [0, 0.1) is 18.3 Å². The minimum atomic E-state index is 0.334. The Morgan fingerprint density at radius 3 is 2.38 bits per heavy atom. The molecule has 0 radical (unpaired) electrons. The van der Waals surface area contributed by atoms with Gasteiger partial charge in [-0.05, 0) is 52.3 Å². The minimum absolute atomic E-state index is 0.334. The van der Waals surface area contributed by atoms with E-state index < -0.39 is 0 Å². The molecule has 0 saturated heterocycles. The van der Waals surface area contributed by atoms with E-state index in [2.05, 4.69) is 97.6 Å². The third kappa shape index (κ3) is 2.14. The van der Waals surface area contributed by atoms with Gasteiger partial charge in [0.1, 0.15) is 7.05 Å². The minimum Gasteiger partial charge on any atom is -0.307 e. The Morgan fingerprint density at radius 2 is 1.62 bits per heavy atom. The van der Waals surface area contributed by atoms with E-state index in [1.54, 1.807) is 0 Å². The Balaban J connectivity index is 2.01. The fourth-order valence-electron chi connectivity index (χ4n) is 6.35. The molecular formula is C31H24N3+. The Kier molecular flexibility index (Phi) is 3.67. The van der Waals surface area contributed by atoms with Crippen molar-refractivity contribution in [3.63, 3.8) is 0 Å². The second-order valence-corrected chi connectivity index (χ2v) is 9.81. The van der Waals surface area contributed by atoms with Crippen molar-refractivity contribution in [1.29, 1.82) is 5.26 Å². The predicted molar refractivity (Wildman–Crippen MR) is 141 cm³/mol. The van der Waals surface area contributed by atoms with Crippen LogP contribution in [0.4, 0.5) is 0 Å². The highest BCUT2D eigenvalue weighted by molar-refractivity contribution is 6.29. The van der Waals surface area contributed by atoms with E-state index in [1.165, 1.54) is 54.6 Å². The van der Waals surface area contributed by atoms with Crippen LogP contribution in [0.2, 0.25) is 0 Å². The molecule has 0 bridgehead atoms. The van der Waals surface area contributed by atoms with Gasteiger partial charge in [0.05, 0.1) is 39.0 Å². The zero-order valence-electron chi connectivity index (χ0n) is 19.8. The Hall–Kier alpha value is -4.16. The van der Waals surface area contributed by atoms with Gasteiger partial charge in [0.25, 0.3) is 0 Å². The molecule has 7 rings (SSSR count). The van der Waals surface area contributed by atoms with Gasteiger partial charge in [-0.25, -0.2) is 4.57 Å². The van der Waals surface area contributed by atoms with Crippen LogP contribution in [-0.4, -0.2) is 4.40 Å². The third-order valence-corrected chi connectivity index (χ3v) is 7.70. The molecule has 3 heteroatoms. The molecule has 0 amide bonds. The first-order chi connectivity index (χ1) is 16.5. The van der Waals surface area contributed by atoms with Crippen molar-refractivity contribution in [2.45, 2.75) is 26.7 Å². The summed E-state index contributed by atoms with van der Waals surface area (Å²) in [7, 11) is 2.15. The van der Waals surface area contributed by atoms with Crippen LogP contribution in [0.5, 0.6) is 0 Å². The molecule has 0 atom stereocenters. The van der Waals surface area contributed by atoms with E-state index in [0.717, 1.165) is 21.9 Å². The van der Waals surface area contributed by atoms with Crippen LogP contribution in [0.3, 0.4) is 0 Å². The van der Waals surface area contributed by atoms with Gasteiger partial charge in [-0.2, -0.15) is 5.26 Å². The summed E-state index contributed by atoms with van der Waals surface area (Å²) in [4.78, 5) is 0. The smallest absolute Gasteiger partial charge is 0.224 e. The quantitative estimate of drug-likeness (QED) is 0.151. The number of pyridine rings is 2. The van der Waals surface area contributed by atoms with Gasteiger partial charge >= 0.3 is 0 Å². The summed E-state index contributed by atoms with van der Waals surface area (Å²) in [5, 5.41) is 18.6. The second-order valence-electron chi connectivity index (χ2n) is 9.81. The zero-order chi connectivity index (χ0) is 23.3. The summed E-state index contributed by atoms with van der Waals surface area (Å²) < 4.78 is 4.74. The zero-order valence-corrected chi connectivity index (χ0v) is 19.8. The highest BCUT2D eigenvalue weighted by Crippen LogP contribution is 2.45. The number of fused-ring (bicyclic) bond motifs is 7. The van der Waals surface area contributed by atoms with Gasteiger partial charge in [-0.3, -0.25) is 0 Å². The lowest BCUT2D eigenvalue weighted by Gasteiger charge is -2.20. The number of rotatable bonds is 1. The summed E-state index contributed by atoms with van der Waals surface area (Å²) >= 11 is 0. The number of nitriles is 1. The molecular weight excluding hydrogens is 414 g/mol. The molecule has 0 aliphatic rings. The van der Waals surface area contributed by atoms with Crippen molar-refractivity contribution >= 4 is 59.8 Å². The largest absolute Gasteiger partial charge is 0.307 e. The van der Waals surface area contributed by atoms with Crippen molar-refractivity contribution < 1.29 is 4.57 Å². The van der Waals surface area contributed by atoms with Crippen molar-refractivity contribution in [1.82, 2.24) is 4.40 Å². The molecule has 3 heterocycles. The van der Waals surface area contributed by atoms with Crippen molar-refractivity contribution in [2.75, 3.05) is 0 Å². The summed E-state index contributed by atoms with van der Waals surface area (Å²) in [6.45, 7) is 6.85. The van der Waals surface area contributed by atoms with E-state index in [4.69, 9.17) is 0 Å². The van der Waals surface area contributed by atoms with Gasteiger partial charge in [0, 0.05) is 16.8 Å². The number of nitrogens with zero attached hydrogens (tertiary/aromatic N) is 3. The van der Waals surface area contributed by atoms with Gasteiger partial charge in [-0.15, -0.1) is 0 Å². The van der Waals surface area contributed by atoms with Gasteiger partial charge in [0.2, 0.25) is 5.52 Å². The fourth-order valence-corrected chi connectivity index (χ4v) is 6.35. The number of benzene rings is 4. The first kappa shape index (κ1) is 19.3. The SMILES string of the molecule is Cc1c2ccccc2c(C(C)C)c2c1c1c3c(ccc4c5c(C#N)cccc5n2c43)cc[n+]1C. The maximum atomic E-state index is 10.0.